The van der Waals surface area contributed by atoms with Gasteiger partial charge in [-0.1, -0.05) is 25.0 Å². The molecule has 0 aromatic heterocycles. The fourth-order valence-electron chi connectivity index (χ4n) is 2.64. The summed E-state index contributed by atoms with van der Waals surface area (Å²) in [5.41, 5.74) is 0.718. The molecule has 1 aliphatic rings. The molecule has 0 atom stereocenters. The monoisotopic (exact) mass is 275 g/mol. The topological polar surface area (TPSA) is 29.5 Å². The van der Waals surface area contributed by atoms with Crippen molar-refractivity contribution in [1.82, 2.24) is 4.90 Å². The Morgan fingerprint density at radius 3 is 2.65 bits per heavy atom. The van der Waals surface area contributed by atoms with Crippen molar-refractivity contribution in [1.29, 1.82) is 0 Å². The highest BCUT2D eigenvalue weighted by Gasteiger charge is 2.08. The number of likely N-dealkylation sites (tertiary alicyclic amines) is 1. The van der Waals surface area contributed by atoms with Gasteiger partial charge < -0.3 is 9.64 Å². The second-order valence-electron chi connectivity index (χ2n) is 5.54. The van der Waals surface area contributed by atoms with E-state index in [0.29, 0.717) is 0 Å². The standard InChI is InChI=1S/C17H25NO2/c1-15(19)16-8-6-9-17(14-16)20-13-7-12-18-10-4-2-3-5-11-18/h6,8-9,14H,2-5,7,10-13H2,1H3. The van der Waals surface area contributed by atoms with Crippen molar-refractivity contribution in [3.8, 4) is 5.75 Å². The van der Waals surface area contributed by atoms with Gasteiger partial charge in [-0.05, 0) is 51.4 Å². The number of hydrogen-bond acceptors (Lipinski definition) is 3. The lowest BCUT2D eigenvalue weighted by atomic mass is 10.1. The van der Waals surface area contributed by atoms with Crippen LogP contribution in [-0.2, 0) is 0 Å². The maximum Gasteiger partial charge on any atom is 0.159 e. The highest BCUT2D eigenvalue weighted by atomic mass is 16.5. The lowest BCUT2D eigenvalue weighted by molar-refractivity contribution is 0.101. The molecular weight excluding hydrogens is 250 g/mol. The molecule has 0 unspecified atom stereocenters. The number of ether oxygens (including phenoxy) is 1. The first kappa shape index (κ1) is 15.0. The van der Waals surface area contributed by atoms with E-state index in [9.17, 15) is 4.79 Å². The summed E-state index contributed by atoms with van der Waals surface area (Å²) in [6.07, 6.45) is 6.48. The van der Waals surface area contributed by atoms with Crippen LogP contribution >= 0.6 is 0 Å². The molecule has 0 bridgehead atoms. The van der Waals surface area contributed by atoms with Crippen molar-refractivity contribution in [2.75, 3.05) is 26.2 Å². The summed E-state index contributed by atoms with van der Waals surface area (Å²) in [5.74, 6) is 0.883. The fraction of sp³-hybridized carbons (Fsp3) is 0.588. The fourth-order valence-corrected chi connectivity index (χ4v) is 2.64. The molecule has 3 nitrogen and oxygen atoms in total. The van der Waals surface area contributed by atoms with Gasteiger partial charge in [0, 0.05) is 12.1 Å². The molecule has 2 rings (SSSR count). The molecular formula is C17H25NO2. The summed E-state index contributed by atoms with van der Waals surface area (Å²) >= 11 is 0. The molecule has 0 saturated carbocycles. The molecule has 1 aromatic carbocycles. The quantitative estimate of drug-likeness (QED) is 0.587. The van der Waals surface area contributed by atoms with E-state index < -0.39 is 0 Å². The Labute approximate surface area is 121 Å². The molecule has 1 aliphatic heterocycles. The Hall–Kier alpha value is -1.35. The number of hydrogen-bond donors (Lipinski definition) is 0. The number of rotatable bonds is 6. The van der Waals surface area contributed by atoms with Gasteiger partial charge in [0.15, 0.2) is 5.78 Å². The lowest BCUT2D eigenvalue weighted by Gasteiger charge is -2.19. The lowest BCUT2D eigenvalue weighted by Crippen LogP contribution is -2.26. The molecule has 0 radical (unpaired) electrons. The normalized spacial score (nSPS) is 16.6. The summed E-state index contributed by atoms with van der Waals surface area (Å²) in [6.45, 7) is 5.89. The van der Waals surface area contributed by atoms with E-state index in [-0.39, 0.29) is 5.78 Å². The van der Waals surface area contributed by atoms with E-state index in [1.807, 2.05) is 24.3 Å². The van der Waals surface area contributed by atoms with Crippen molar-refractivity contribution >= 4 is 5.78 Å². The molecule has 3 heteroatoms. The number of nitrogens with zero attached hydrogens (tertiary/aromatic N) is 1. The van der Waals surface area contributed by atoms with Crippen LogP contribution < -0.4 is 4.74 Å². The maximum absolute atomic E-state index is 11.3. The number of carbonyl (C=O) groups excluding carboxylic acids is 1. The third-order valence-electron chi connectivity index (χ3n) is 3.83. The molecule has 110 valence electrons. The van der Waals surface area contributed by atoms with Crippen molar-refractivity contribution in [2.45, 2.75) is 39.0 Å². The predicted octanol–water partition coefficient (Wildman–Crippen LogP) is 3.53. The summed E-state index contributed by atoms with van der Waals surface area (Å²) < 4.78 is 5.74. The van der Waals surface area contributed by atoms with E-state index in [2.05, 4.69) is 4.90 Å². The minimum absolute atomic E-state index is 0.0833. The number of benzene rings is 1. The average molecular weight is 275 g/mol. The average Bonchev–Trinajstić information content (AvgIpc) is 2.72. The number of Topliss-reactive ketones (excluding diaryl/α,β-unsaturated/α-hetero) is 1. The molecule has 20 heavy (non-hydrogen) atoms. The summed E-state index contributed by atoms with van der Waals surface area (Å²) in [6, 6.07) is 7.44. The van der Waals surface area contributed by atoms with Gasteiger partial charge in [0.05, 0.1) is 6.61 Å². The molecule has 0 aliphatic carbocycles. The summed E-state index contributed by atoms with van der Waals surface area (Å²) in [5, 5.41) is 0. The molecule has 1 saturated heterocycles. The Morgan fingerprint density at radius 1 is 1.20 bits per heavy atom. The van der Waals surface area contributed by atoms with Gasteiger partial charge in [-0.3, -0.25) is 4.79 Å². The van der Waals surface area contributed by atoms with Crippen LogP contribution in [0.25, 0.3) is 0 Å². The van der Waals surface area contributed by atoms with E-state index in [1.165, 1.54) is 38.8 Å². The van der Waals surface area contributed by atoms with Crippen LogP contribution in [0.4, 0.5) is 0 Å². The highest BCUT2D eigenvalue weighted by molar-refractivity contribution is 5.94. The summed E-state index contributed by atoms with van der Waals surface area (Å²) in [4.78, 5) is 13.8. The largest absolute Gasteiger partial charge is 0.494 e. The van der Waals surface area contributed by atoms with Crippen LogP contribution in [0.5, 0.6) is 5.75 Å². The molecule has 0 amide bonds. The first-order valence-corrected chi connectivity index (χ1v) is 7.72. The van der Waals surface area contributed by atoms with Crippen molar-refractivity contribution in [3.63, 3.8) is 0 Å². The Bertz CT molecular complexity index is 423. The zero-order chi connectivity index (χ0) is 14.2. The van der Waals surface area contributed by atoms with E-state index in [4.69, 9.17) is 4.74 Å². The Balaban J connectivity index is 1.70. The zero-order valence-electron chi connectivity index (χ0n) is 12.4. The van der Waals surface area contributed by atoms with E-state index in [1.54, 1.807) is 6.92 Å². The van der Waals surface area contributed by atoms with Gasteiger partial charge in [-0.25, -0.2) is 0 Å². The zero-order valence-corrected chi connectivity index (χ0v) is 12.4. The van der Waals surface area contributed by atoms with Crippen LogP contribution in [0.15, 0.2) is 24.3 Å². The second-order valence-corrected chi connectivity index (χ2v) is 5.54. The Kier molecular flexibility index (Phi) is 6.06. The molecule has 0 spiro atoms. The van der Waals surface area contributed by atoms with Gasteiger partial charge in [0.25, 0.3) is 0 Å². The van der Waals surface area contributed by atoms with Gasteiger partial charge in [-0.2, -0.15) is 0 Å². The molecule has 0 N–H and O–H groups in total. The van der Waals surface area contributed by atoms with Crippen LogP contribution in [-0.4, -0.2) is 36.9 Å². The SMILES string of the molecule is CC(=O)c1cccc(OCCCN2CCCCCC2)c1. The van der Waals surface area contributed by atoms with Crippen LogP contribution in [0.3, 0.4) is 0 Å². The van der Waals surface area contributed by atoms with Crippen LogP contribution in [0.2, 0.25) is 0 Å². The number of ketones is 1. The first-order chi connectivity index (χ1) is 9.75. The third kappa shape index (κ3) is 4.97. The minimum atomic E-state index is 0.0833. The van der Waals surface area contributed by atoms with E-state index in [0.717, 1.165) is 30.9 Å². The Morgan fingerprint density at radius 2 is 1.95 bits per heavy atom. The van der Waals surface area contributed by atoms with Crippen molar-refractivity contribution in [2.24, 2.45) is 0 Å². The van der Waals surface area contributed by atoms with Crippen molar-refractivity contribution in [3.05, 3.63) is 29.8 Å². The minimum Gasteiger partial charge on any atom is -0.494 e. The molecule has 1 heterocycles. The van der Waals surface area contributed by atoms with Gasteiger partial charge in [-0.15, -0.1) is 0 Å². The second kappa shape index (κ2) is 8.05. The predicted molar refractivity (Wildman–Crippen MR) is 81.5 cm³/mol. The third-order valence-corrected chi connectivity index (χ3v) is 3.83. The van der Waals surface area contributed by atoms with Gasteiger partial charge >= 0.3 is 0 Å². The smallest absolute Gasteiger partial charge is 0.159 e. The van der Waals surface area contributed by atoms with Crippen molar-refractivity contribution < 1.29 is 9.53 Å². The highest BCUT2D eigenvalue weighted by Crippen LogP contribution is 2.14. The van der Waals surface area contributed by atoms with E-state index >= 15 is 0 Å². The van der Waals surface area contributed by atoms with Crippen LogP contribution in [0.1, 0.15) is 49.4 Å². The molecule has 1 fully saturated rings. The van der Waals surface area contributed by atoms with Crippen LogP contribution in [0, 0.1) is 0 Å². The first-order valence-electron chi connectivity index (χ1n) is 7.72. The molecule has 1 aromatic rings. The van der Waals surface area contributed by atoms with Gasteiger partial charge in [0.2, 0.25) is 0 Å². The summed E-state index contributed by atoms with van der Waals surface area (Å²) in [7, 11) is 0. The number of carbonyl (C=O) groups is 1. The maximum atomic E-state index is 11.3. The van der Waals surface area contributed by atoms with Gasteiger partial charge in [0.1, 0.15) is 5.75 Å².